The number of anilines is 1. The van der Waals surface area contributed by atoms with Crippen LogP contribution in [-0.2, 0) is 19.1 Å². The second-order valence-electron chi connectivity index (χ2n) is 5.73. The lowest BCUT2D eigenvalue weighted by Crippen LogP contribution is -2.29. The normalized spacial score (nSPS) is 10.9. The monoisotopic (exact) mass is 370 g/mol. The summed E-state index contributed by atoms with van der Waals surface area (Å²) in [5, 5.41) is 4.86. The Bertz CT molecular complexity index is 879. The minimum atomic E-state index is -0.861. The molecule has 2 aromatic carbocycles. The van der Waals surface area contributed by atoms with Gasteiger partial charge in [-0.1, -0.05) is 36.4 Å². The Morgan fingerprint density at radius 2 is 1.81 bits per heavy atom. The largest absolute Gasteiger partial charge is 0.451 e. The van der Waals surface area contributed by atoms with Crippen molar-refractivity contribution in [2.75, 3.05) is 11.9 Å². The molecule has 7 heteroatoms. The minimum Gasteiger partial charge on any atom is -0.451 e. The third-order valence-corrected chi connectivity index (χ3v) is 3.45. The molecule has 0 bridgehead atoms. The maximum absolute atomic E-state index is 13.3. The van der Waals surface area contributed by atoms with Gasteiger partial charge in [0, 0.05) is 12.6 Å². The predicted octanol–water partition coefficient (Wildman–Crippen LogP) is 2.79. The van der Waals surface area contributed by atoms with Crippen LogP contribution in [0, 0.1) is 12.7 Å². The molecule has 2 rings (SSSR count). The summed E-state index contributed by atoms with van der Waals surface area (Å²) in [6.45, 7) is 2.38. The van der Waals surface area contributed by atoms with Gasteiger partial charge in [-0.15, -0.1) is 0 Å². The van der Waals surface area contributed by atoms with E-state index in [1.165, 1.54) is 31.2 Å². The molecule has 0 spiro atoms. The van der Waals surface area contributed by atoms with E-state index < -0.39 is 30.2 Å². The van der Waals surface area contributed by atoms with Crippen LogP contribution >= 0.6 is 0 Å². The van der Waals surface area contributed by atoms with E-state index in [0.29, 0.717) is 11.1 Å². The number of hydrogen-bond acceptors (Lipinski definition) is 4. The van der Waals surface area contributed by atoms with Gasteiger partial charge in [0.15, 0.2) is 6.61 Å². The molecule has 0 aliphatic rings. The van der Waals surface area contributed by atoms with E-state index in [9.17, 15) is 18.8 Å². The Labute approximate surface area is 156 Å². The van der Waals surface area contributed by atoms with Gasteiger partial charge >= 0.3 is 5.97 Å². The number of benzene rings is 2. The molecule has 0 atom stereocenters. The molecule has 0 heterocycles. The number of aryl methyl sites for hydroxylation is 1. The van der Waals surface area contributed by atoms with Crippen LogP contribution < -0.4 is 10.6 Å². The highest BCUT2D eigenvalue weighted by molar-refractivity contribution is 5.99. The predicted molar refractivity (Wildman–Crippen MR) is 99.0 cm³/mol. The van der Waals surface area contributed by atoms with Gasteiger partial charge in [-0.2, -0.15) is 0 Å². The van der Waals surface area contributed by atoms with Crippen LogP contribution in [0.15, 0.2) is 54.2 Å². The number of ether oxygens (including phenoxy) is 1. The first-order chi connectivity index (χ1) is 12.8. The number of esters is 1. The van der Waals surface area contributed by atoms with Crippen molar-refractivity contribution in [3.8, 4) is 0 Å². The van der Waals surface area contributed by atoms with Crippen molar-refractivity contribution >= 4 is 29.5 Å². The van der Waals surface area contributed by atoms with Gasteiger partial charge in [0.2, 0.25) is 5.91 Å². The number of carbonyl (C=O) groups is 3. The molecule has 0 aliphatic carbocycles. The number of carbonyl (C=O) groups excluding carboxylic acids is 3. The smallest absolute Gasteiger partial charge is 0.355 e. The molecular formula is C20H19FN2O4. The summed E-state index contributed by atoms with van der Waals surface area (Å²) in [4.78, 5) is 35.5. The zero-order chi connectivity index (χ0) is 19.8. The topological polar surface area (TPSA) is 84.5 Å². The second kappa shape index (κ2) is 9.28. The molecule has 0 fully saturated rings. The van der Waals surface area contributed by atoms with E-state index >= 15 is 0 Å². The number of rotatable bonds is 6. The lowest BCUT2D eigenvalue weighted by Gasteiger charge is -2.11. The maximum Gasteiger partial charge on any atom is 0.355 e. The summed E-state index contributed by atoms with van der Waals surface area (Å²) < 4.78 is 18.2. The summed E-state index contributed by atoms with van der Waals surface area (Å²) in [5.74, 6) is -2.43. The number of halogens is 1. The highest BCUT2D eigenvalue weighted by Gasteiger charge is 2.15. The highest BCUT2D eigenvalue weighted by Crippen LogP contribution is 2.15. The minimum absolute atomic E-state index is 0.0940. The van der Waals surface area contributed by atoms with Crippen LogP contribution in [0.4, 0.5) is 10.1 Å². The van der Waals surface area contributed by atoms with Gasteiger partial charge in [0.1, 0.15) is 11.5 Å². The maximum atomic E-state index is 13.3. The highest BCUT2D eigenvalue weighted by atomic mass is 19.1. The zero-order valence-corrected chi connectivity index (χ0v) is 14.9. The summed E-state index contributed by atoms with van der Waals surface area (Å²) in [5.41, 5.74) is 1.54. The van der Waals surface area contributed by atoms with Gasteiger partial charge in [-0.25, -0.2) is 9.18 Å². The van der Waals surface area contributed by atoms with Crippen molar-refractivity contribution in [2.24, 2.45) is 0 Å². The SMILES string of the molecule is CC(=O)N/C(=C\c1ccccc1)C(=O)OCC(=O)Nc1cc(F)ccc1C. The Hall–Kier alpha value is -3.48. The Morgan fingerprint density at radius 3 is 2.48 bits per heavy atom. The molecule has 0 aromatic heterocycles. The lowest BCUT2D eigenvalue weighted by atomic mass is 10.2. The average Bonchev–Trinajstić information content (AvgIpc) is 2.62. The first kappa shape index (κ1) is 19.8. The molecular weight excluding hydrogens is 351 g/mol. The first-order valence-corrected chi connectivity index (χ1v) is 8.12. The Balaban J connectivity index is 2.02. The molecule has 2 amide bonds. The molecule has 2 N–H and O–H groups in total. The molecule has 6 nitrogen and oxygen atoms in total. The van der Waals surface area contributed by atoms with E-state index in [2.05, 4.69) is 10.6 Å². The molecule has 0 radical (unpaired) electrons. The summed E-state index contributed by atoms with van der Waals surface area (Å²) in [7, 11) is 0. The van der Waals surface area contributed by atoms with E-state index in [0.717, 1.165) is 0 Å². The molecule has 0 aliphatic heterocycles. The Morgan fingerprint density at radius 1 is 1.11 bits per heavy atom. The molecule has 27 heavy (non-hydrogen) atoms. The molecule has 2 aromatic rings. The lowest BCUT2D eigenvalue weighted by molar-refractivity contribution is -0.144. The standard InChI is InChI=1S/C20H19FN2O4/c1-13-8-9-16(21)11-17(13)23-19(25)12-27-20(26)18(22-14(2)24)10-15-6-4-3-5-7-15/h3-11H,12H2,1-2H3,(H,22,24)(H,23,25)/b18-10-. The number of nitrogens with one attached hydrogen (secondary N) is 2. The fourth-order valence-corrected chi connectivity index (χ4v) is 2.18. The van der Waals surface area contributed by atoms with E-state index in [1.807, 2.05) is 6.07 Å². The van der Waals surface area contributed by atoms with Crippen molar-refractivity contribution in [3.63, 3.8) is 0 Å². The summed E-state index contributed by atoms with van der Waals surface area (Å²) >= 11 is 0. The fraction of sp³-hybridized carbons (Fsp3) is 0.150. The number of hydrogen-bond donors (Lipinski definition) is 2. The molecule has 140 valence electrons. The fourth-order valence-electron chi connectivity index (χ4n) is 2.18. The van der Waals surface area contributed by atoms with Gasteiger partial charge in [0.05, 0.1) is 0 Å². The van der Waals surface area contributed by atoms with Crippen molar-refractivity contribution < 1.29 is 23.5 Å². The van der Waals surface area contributed by atoms with Crippen molar-refractivity contribution in [1.29, 1.82) is 0 Å². The van der Waals surface area contributed by atoms with Gasteiger partial charge in [0.25, 0.3) is 5.91 Å². The average molecular weight is 370 g/mol. The van der Waals surface area contributed by atoms with Crippen LogP contribution in [0.2, 0.25) is 0 Å². The van der Waals surface area contributed by atoms with Crippen molar-refractivity contribution in [2.45, 2.75) is 13.8 Å². The second-order valence-corrected chi connectivity index (χ2v) is 5.73. The van der Waals surface area contributed by atoms with E-state index in [4.69, 9.17) is 4.74 Å². The van der Waals surface area contributed by atoms with Crippen LogP contribution in [0.1, 0.15) is 18.1 Å². The Kier molecular flexibility index (Phi) is 6.82. The van der Waals surface area contributed by atoms with Crippen LogP contribution in [0.25, 0.3) is 6.08 Å². The van der Waals surface area contributed by atoms with Gasteiger partial charge in [-0.05, 0) is 36.3 Å². The quantitative estimate of drug-likeness (QED) is 0.605. The van der Waals surface area contributed by atoms with Gasteiger partial charge < -0.3 is 15.4 Å². The molecule has 0 saturated heterocycles. The van der Waals surface area contributed by atoms with E-state index in [1.54, 1.807) is 31.2 Å². The zero-order valence-electron chi connectivity index (χ0n) is 14.9. The van der Waals surface area contributed by atoms with Gasteiger partial charge in [-0.3, -0.25) is 9.59 Å². The summed E-state index contributed by atoms with van der Waals surface area (Å²) in [6, 6.07) is 12.8. The van der Waals surface area contributed by atoms with Crippen LogP contribution in [-0.4, -0.2) is 24.4 Å². The third-order valence-electron chi connectivity index (χ3n) is 3.45. The number of amides is 2. The third kappa shape index (κ3) is 6.39. The van der Waals surface area contributed by atoms with Crippen molar-refractivity contribution in [1.82, 2.24) is 5.32 Å². The molecule has 0 saturated carbocycles. The molecule has 0 unspecified atom stereocenters. The van der Waals surface area contributed by atoms with Crippen LogP contribution in [0.3, 0.4) is 0 Å². The van der Waals surface area contributed by atoms with Crippen LogP contribution in [0.5, 0.6) is 0 Å². The summed E-state index contributed by atoms with van der Waals surface area (Å²) in [6.07, 6.45) is 1.44. The van der Waals surface area contributed by atoms with Crippen molar-refractivity contribution in [3.05, 3.63) is 71.2 Å². The first-order valence-electron chi connectivity index (χ1n) is 8.12. The van der Waals surface area contributed by atoms with E-state index in [-0.39, 0.29) is 11.4 Å².